The molecule has 0 aliphatic carbocycles. The van der Waals surface area contributed by atoms with Gasteiger partial charge in [-0.05, 0) is 45.9 Å². The molecule has 0 unspecified atom stereocenters. The van der Waals surface area contributed by atoms with Crippen molar-refractivity contribution in [3.63, 3.8) is 0 Å². The molecule has 2 heterocycles. The van der Waals surface area contributed by atoms with Gasteiger partial charge in [-0.15, -0.1) is 11.3 Å². The standard InChI is InChI=1S/C13H15BrN2OS/c1-10-2-5-18-13(10)9-15-3-4-17-12-6-11(14)7-16-8-12/h2,5-8,15H,3-4,9H2,1H3. The van der Waals surface area contributed by atoms with Crippen LogP contribution in [0.5, 0.6) is 5.75 Å². The Bertz CT molecular complexity index is 501. The zero-order chi connectivity index (χ0) is 12.8. The van der Waals surface area contributed by atoms with E-state index in [-0.39, 0.29) is 0 Å². The van der Waals surface area contributed by atoms with E-state index in [0.717, 1.165) is 23.3 Å². The molecule has 96 valence electrons. The van der Waals surface area contributed by atoms with Gasteiger partial charge in [0, 0.05) is 28.6 Å². The lowest BCUT2D eigenvalue weighted by molar-refractivity contribution is 0.312. The molecule has 0 amide bonds. The second kappa shape index (κ2) is 6.87. The molecule has 0 aromatic carbocycles. The Morgan fingerprint density at radius 2 is 2.33 bits per heavy atom. The number of nitrogens with zero attached hydrogens (tertiary/aromatic N) is 1. The summed E-state index contributed by atoms with van der Waals surface area (Å²) in [6.45, 7) is 4.51. The summed E-state index contributed by atoms with van der Waals surface area (Å²) in [5, 5.41) is 5.49. The van der Waals surface area contributed by atoms with Crippen LogP contribution >= 0.6 is 27.3 Å². The van der Waals surface area contributed by atoms with Crippen LogP contribution in [0.3, 0.4) is 0 Å². The Kier molecular flexibility index (Phi) is 5.16. The van der Waals surface area contributed by atoms with Crippen LogP contribution in [-0.4, -0.2) is 18.1 Å². The summed E-state index contributed by atoms with van der Waals surface area (Å²) in [6, 6.07) is 4.06. The van der Waals surface area contributed by atoms with Gasteiger partial charge in [0.2, 0.25) is 0 Å². The molecule has 0 saturated carbocycles. The Labute approximate surface area is 119 Å². The Balaban J connectivity index is 1.66. The second-order valence-electron chi connectivity index (χ2n) is 3.89. The second-order valence-corrected chi connectivity index (χ2v) is 5.81. The van der Waals surface area contributed by atoms with Crippen molar-refractivity contribution < 1.29 is 4.74 Å². The fraction of sp³-hybridized carbons (Fsp3) is 0.308. The molecule has 0 saturated heterocycles. The maximum absolute atomic E-state index is 5.58. The highest BCUT2D eigenvalue weighted by Crippen LogP contribution is 2.16. The Morgan fingerprint density at radius 3 is 3.06 bits per heavy atom. The van der Waals surface area contributed by atoms with E-state index in [1.165, 1.54) is 10.4 Å². The van der Waals surface area contributed by atoms with Gasteiger partial charge in [0.15, 0.2) is 0 Å². The highest BCUT2D eigenvalue weighted by molar-refractivity contribution is 9.10. The van der Waals surface area contributed by atoms with Gasteiger partial charge in [0.05, 0.1) is 6.20 Å². The molecule has 0 aliphatic heterocycles. The molecule has 1 N–H and O–H groups in total. The summed E-state index contributed by atoms with van der Waals surface area (Å²) in [7, 11) is 0. The first-order valence-corrected chi connectivity index (χ1v) is 7.40. The van der Waals surface area contributed by atoms with Crippen molar-refractivity contribution in [1.82, 2.24) is 10.3 Å². The van der Waals surface area contributed by atoms with E-state index in [9.17, 15) is 0 Å². The molecule has 0 spiro atoms. The van der Waals surface area contributed by atoms with Crippen molar-refractivity contribution in [3.8, 4) is 5.75 Å². The van der Waals surface area contributed by atoms with E-state index in [0.29, 0.717) is 6.61 Å². The number of pyridine rings is 1. The van der Waals surface area contributed by atoms with E-state index >= 15 is 0 Å². The summed E-state index contributed by atoms with van der Waals surface area (Å²) >= 11 is 5.15. The SMILES string of the molecule is Cc1ccsc1CNCCOc1cncc(Br)c1. The Hall–Kier alpha value is -0.910. The molecule has 2 aromatic rings. The average Bonchev–Trinajstić information content (AvgIpc) is 2.75. The third kappa shape index (κ3) is 4.08. The molecule has 2 aromatic heterocycles. The van der Waals surface area contributed by atoms with Crippen LogP contribution in [0.25, 0.3) is 0 Å². The van der Waals surface area contributed by atoms with Gasteiger partial charge in [-0.25, -0.2) is 0 Å². The zero-order valence-corrected chi connectivity index (χ0v) is 12.6. The number of halogens is 1. The van der Waals surface area contributed by atoms with Crippen molar-refractivity contribution in [1.29, 1.82) is 0 Å². The normalized spacial score (nSPS) is 10.6. The quantitative estimate of drug-likeness (QED) is 0.826. The molecule has 0 atom stereocenters. The number of nitrogens with one attached hydrogen (secondary N) is 1. The van der Waals surface area contributed by atoms with Gasteiger partial charge in [0.1, 0.15) is 12.4 Å². The van der Waals surface area contributed by atoms with E-state index < -0.39 is 0 Å². The number of thiophene rings is 1. The number of aryl methyl sites for hydroxylation is 1. The summed E-state index contributed by atoms with van der Waals surface area (Å²) in [4.78, 5) is 5.43. The van der Waals surface area contributed by atoms with Crippen molar-refractivity contribution >= 4 is 27.3 Å². The van der Waals surface area contributed by atoms with Gasteiger partial charge in [-0.1, -0.05) is 0 Å². The fourth-order valence-corrected chi connectivity index (χ4v) is 2.72. The maximum Gasteiger partial charge on any atom is 0.138 e. The lowest BCUT2D eigenvalue weighted by Crippen LogP contribution is -2.20. The van der Waals surface area contributed by atoms with Gasteiger partial charge in [0.25, 0.3) is 0 Å². The number of rotatable bonds is 6. The van der Waals surface area contributed by atoms with Crippen LogP contribution in [0.15, 0.2) is 34.4 Å². The number of aromatic nitrogens is 1. The minimum Gasteiger partial charge on any atom is -0.491 e. The largest absolute Gasteiger partial charge is 0.491 e. The molecule has 3 nitrogen and oxygen atoms in total. The predicted molar refractivity (Wildman–Crippen MR) is 78.2 cm³/mol. The number of hydrogen-bond donors (Lipinski definition) is 1. The molecular formula is C13H15BrN2OS. The van der Waals surface area contributed by atoms with Gasteiger partial charge in [-0.3, -0.25) is 4.98 Å². The third-order valence-electron chi connectivity index (χ3n) is 2.48. The fourth-order valence-electron chi connectivity index (χ4n) is 1.50. The van der Waals surface area contributed by atoms with Crippen LogP contribution in [0.2, 0.25) is 0 Å². The Morgan fingerprint density at radius 1 is 1.44 bits per heavy atom. The zero-order valence-electron chi connectivity index (χ0n) is 10.1. The summed E-state index contributed by atoms with van der Waals surface area (Å²) < 4.78 is 6.52. The topological polar surface area (TPSA) is 34.1 Å². The van der Waals surface area contributed by atoms with Crippen LogP contribution < -0.4 is 10.1 Å². The first-order valence-electron chi connectivity index (χ1n) is 5.73. The monoisotopic (exact) mass is 326 g/mol. The summed E-state index contributed by atoms with van der Waals surface area (Å²) in [5.74, 6) is 0.790. The summed E-state index contributed by atoms with van der Waals surface area (Å²) in [6.07, 6.45) is 3.46. The van der Waals surface area contributed by atoms with Gasteiger partial charge < -0.3 is 10.1 Å². The first kappa shape index (κ1) is 13.5. The lowest BCUT2D eigenvalue weighted by atomic mass is 10.3. The van der Waals surface area contributed by atoms with E-state index in [1.54, 1.807) is 23.7 Å². The number of ether oxygens (including phenoxy) is 1. The molecule has 2 rings (SSSR count). The lowest BCUT2D eigenvalue weighted by Gasteiger charge is -2.07. The minimum absolute atomic E-state index is 0.641. The molecule has 0 fully saturated rings. The predicted octanol–water partition coefficient (Wildman–Crippen LogP) is 3.38. The molecule has 0 radical (unpaired) electrons. The molecule has 18 heavy (non-hydrogen) atoms. The summed E-state index contributed by atoms with van der Waals surface area (Å²) in [5.41, 5.74) is 1.35. The molecule has 5 heteroatoms. The maximum atomic E-state index is 5.58. The van der Waals surface area contributed by atoms with Crippen molar-refractivity contribution in [2.45, 2.75) is 13.5 Å². The van der Waals surface area contributed by atoms with E-state index in [1.807, 2.05) is 6.07 Å². The van der Waals surface area contributed by atoms with E-state index in [4.69, 9.17) is 4.74 Å². The molecular weight excluding hydrogens is 312 g/mol. The van der Waals surface area contributed by atoms with Crippen LogP contribution in [0.4, 0.5) is 0 Å². The van der Waals surface area contributed by atoms with Crippen molar-refractivity contribution in [2.75, 3.05) is 13.2 Å². The van der Waals surface area contributed by atoms with Crippen molar-refractivity contribution in [3.05, 3.63) is 44.8 Å². The van der Waals surface area contributed by atoms with Crippen LogP contribution in [-0.2, 0) is 6.54 Å². The average molecular weight is 327 g/mol. The third-order valence-corrected chi connectivity index (χ3v) is 3.94. The van der Waals surface area contributed by atoms with E-state index in [2.05, 4.69) is 44.6 Å². The molecule has 0 bridgehead atoms. The van der Waals surface area contributed by atoms with Gasteiger partial charge in [-0.2, -0.15) is 0 Å². The minimum atomic E-state index is 0.641. The highest BCUT2D eigenvalue weighted by Gasteiger charge is 1.99. The first-order chi connectivity index (χ1) is 8.75. The van der Waals surface area contributed by atoms with Gasteiger partial charge >= 0.3 is 0 Å². The highest BCUT2D eigenvalue weighted by atomic mass is 79.9. The smallest absolute Gasteiger partial charge is 0.138 e. The molecule has 0 aliphatic rings. The van der Waals surface area contributed by atoms with Crippen LogP contribution in [0.1, 0.15) is 10.4 Å². The number of hydrogen-bond acceptors (Lipinski definition) is 4. The van der Waals surface area contributed by atoms with Crippen LogP contribution in [0, 0.1) is 6.92 Å². The van der Waals surface area contributed by atoms with Crippen molar-refractivity contribution in [2.24, 2.45) is 0 Å².